The number of anilines is 2. The molecule has 0 saturated carbocycles. The number of methoxy groups -OCH3 is 3. The lowest BCUT2D eigenvalue weighted by Gasteiger charge is -2.38. The highest BCUT2D eigenvalue weighted by molar-refractivity contribution is 7.80. The van der Waals surface area contributed by atoms with Gasteiger partial charge in [0.1, 0.15) is 11.5 Å². The van der Waals surface area contributed by atoms with Gasteiger partial charge in [0.2, 0.25) is 0 Å². The number of allylic oxidation sites excluding steroid dienone is 1. The monoisotopic (exact) mass is 494 g/mol. The number of hydrogen-bond acceptors (Lipinski definition) is 7. The Morgan fingerprint density at radius 1 is 1.03 bits per heavy atom. The first-order chi connectivity index (χ1) is 16.9. The van der Waals surface area contributed by atoms with Gasteiger partial charge in [-0.25, -0.2) is 0 Å². The Morgan fingerprint density at radius 2 is 1.69 bits per heavy atom. The fourth-order valence-corrected chi connectivity index (χ4v) is 4.41. The summed E-state index contributed by atoms with van der Waals surface area (Å²) in [6.07, 6.45) is 0. The van der Waals surface area contributed by atoms with Crippen LogP contribution in [0, 0.1) is 6.92 Å². The molecule has 1 amide bonds. The first kappa shape index (κ1) is 24.1. The number of carbonyl (C=O) groups is 1. The number of amides is 1. The van der Waals surface area contributed by atoms with Crippen molar-refractivity contribution in [3.8, 4) is 17.2 Å². The molecule has 10 heteroatoms. The summed E-state index contributed by atoms with van der Waals surface area (Å²) in [5.74, 6) is 2.02. The van der Waals surface area contributed by atoms with E-state index in [0.717, 1.165) is 5.69 Å². The lowest BCUT2D eigenvalue weighted by Crippen LogP contribution is -2.48. The molecule has 0 spiro atoms. The van der Waals surface area contributed by atoms with Crippen molar-refractivity contribution in [1.82, 2.24) is 10.5 Å². The molecular weight excluding hydrogens is 468 g/mol. The average Bonchev–Trinajstić information content (AvgIpc) is 3.27. The molecule has 182 valence electrons. The quantitative estimate of drug-likeness (QED) is 0.464. The van der Waals surface area contributed by atoms with E-state index < -0.39 is 6.04 Å². The van der Waals surface area contributed by atoms with Gasteiger partial charge < -0.3 is 29.4 Å². The van der Waals surface area contributed by atoms with Gasteiger partial charge in [0.15, 0.2) is 22.4 Å². The number of ether oxygens (including phenoxy) is 3. The average molecular weight is 495 g/mol. The summed E-state index contributed by atoms with van der Waals surface area (Å²) in [5.41, 5.74) is 2.55. The van der Waals surface area contributed by atoms with Crippen LogP contribution in [0.25, 0.3) is 0 Å². The van der Waals surface area contributed by atoms with E-state index >= 15 is 0 Å². The number of nitrogens with one attached hydrogen (secondary N) is 2. The van der Waals surface area contributed by atoms with Crippen molar-refractivity contribution in [2.24, 2.45) is 0 Å². The van der Waals surface area contributed by atoms with E-state index in [0.29, 0.717) is 50.8 Å². The van der Waals surface area contributed by atoms with Gasteiger partial charge in [-0.3, -0.25) is 9.69 Å². The Hall–Kier alpha value is -4.05. The van der Waals surface area contributed by atoms with Crippen LogP contribution < -0.4 is 29.7 Å². The molecule has 35 heavy (non-hydrogen) atoms. The number of hydrogen-bond donors (Lipinski definition) is 2. The molecule has 2 aromatic carbocycles. The van der Waals surface area contributed by atoms with Crippen molar-refractivity contribution in [2.45, 2.75) is 19.9 Å². The van der Waals surface area contributed by atoms with Gasteiger partial charge in [-0.1, -0.05) is 23.4 Å². The first-order valence-electron chi connectivity index (χ1n) is 10.8. The van der Waals surface area contributed by atoms with Crippen molar-refractivity contribution >= 4 is 34.7 Å². The highest BCUT2D eigenvalue weighted by Crippen LogP contribution is 2.42. The standard InChI is InChI=1S/C25H26N4O5S/c1-14-11-21(28-34-14)26-24(30)22-15(2)29(16-9-7-6-8-10-16)25(35)27-23(22)17-12-19(32-4)20(33-5)13-18(17)31-3/h6-13,23H,1-5H3,(H,27,35)(H,26,28,30)/t23-/m1/s1. The second kappa shape index (κ2) is 10.1. The van der Waals surface area contributed by atoms with E-state index in [1.165, 1.54) is 0 Å². The highest BCUT2D eigenvalue weighted by Gasteiger charge is 2.37. The second-order valence-electron chi connectivity index (χ2n) is 7.78. The third kappa shape index (κ3) is 4.65. The lowest BCUT2D eigenvalue weighted by molar-refractivity contribution is -0.113. The minimum atomic E-state index is -0.648. The molecule has 4 rings (SSSR count). The smallest absolute Gasteiger partial charge is 0.257 e. The molecule has 3 aromatic rings. The SMILES string of the molecule is COc1cc(OC)c([C@H]2NC(=S)N(c3ccccc3)C(C)=C2C(=O)Nc2cc(C)on2)cc1OC. The summed E-state index contributed by atoms with van der Waals surface area (Å²) in [5, 5.41) is 10.5. The number of thiocarbonyl (C=S) groups is 1. The zero-order valence-corrected chi connectivity index (χ0v) is 20.9. The summed E-state index contributed by atoms with van der Waals surface area (Å²) in [4.78, 5) is 15.5. The minimum absolute atomic E-state index is 0.310. The predicted octanol–water partition coefficient (Wildman–Crippen LogP) is 4.36. The zero-order chi connectivity index (χ0) is 25.1. The van der Waals surface area contributed by atoms with Crippen molar-refractivity contribution < 1.29 is 23.5 Å². The number of benzene rings is 2. The lowest BCUT2D eigenvalue weighted by atomic mass is 9.92. The highest BCUT2D eigenvalue weighted by atomic mass is 32.1. The normalized spacial score (nSPS) is 15.5. The van der Waals surface area contributed by atoms with Crippen molar-refractivity contribution in [3.63, 3.8) is 0 Å². The third-order valence-corrected chi connectivity index (χ3v) is 5.96. The van der Waals surface area contributed by atoms with Crippen LogP contribution in [-0.4, -0.2) is 37.5 Å². The Labute approximate surface area is 208 Å². The Bertz CT molecular complexity index is 1290. The van der Waals surface area contributed by atoms with E-state index in [9.17, 15) is 4.79 Å². The molecule has 0 fully saturated rings. The molecule has 2 heterocycles. The van der Waals surface area contributed by atoms with E-state index in [1.54, 1.807) is 46.5 Å². The van der Waals surface area contributed by atoms with Crippen LogP contribution in [-0.2, 0) is 4.79 Å². The van der Waals surface area contributed by atoms with Gasteiger partial charge in [-0.2, -0.15) is 0 Å². The zero-order valence-electron chi connectivity index (χ0n) is 20.0. The van der Waals surface area contributed by atoms with Gasteiger partial charge in [0, 0.05) is 29.1 Å². The van der Waals surface area contributed by atoms with Crippen LogP contribution in [0.5, 0.6) is 17.2 Å². The largest absolute Gasteiger partial charge is 0.496 e. The Kier molecular flexibility index (Phi) is 6.92. The summed E-state index contributed by atoms with van der Waals surface area (Å²) in [7, 11) is 4.65. The van der Waals surface area contributed by atoms with Crippen molar-refractivity contribution in [3.05, 3.63) is 71.1 Å². The molecule has 1 atom stereocenters. The minimum Gasteiger partial charge on any atom is -0.496 e. The molecule has 0 bridgehead atoms. The summed E-state index contributed by atoms with van der Waals surface area (Å²) < 4.78 is 21.7. The van der Waals surface area contributed by atoms with Crippen LogP contribution in [0.1, 0.15) is 24.3 Å². The van der Waals surface area contributed by atoms with Crippen molar-refractivity contribution in [1.29, 1.82) is 0 Å². The first-order valence-corrected chi connectivity index (χ1v) is 11.2. The molecule has 9 nitrogen and oxygen atoms in total. The van der Waals surface area contributed by atoms with E-state index in [4.69, 9.17) is 31.0 Å². The third-order valence-electron chi connectivity index (χ3n) is 5.66. The summed E-state index contributed by atoms with van der Waals surface area (Å²) in [6.45, 7) is 3.60. The summed E-state index contributed by atoms with van der Waals surface area (Å²) in [6, 6.07) is 14.1. The fraction of sp³-hybridized carbons (Fsp3) is 0.240. The number of aryl methyl sites for hydroxylation is 1. The molecule has 2 N–H and O–H groups in total. The fourth-order valence-electron chi connectivity index (χ4n) is 4.05. The van der Waals surface area contributed by atoms with Gasteiger partial charge in [-0.05, 0) is 44.3 Å². The van der Waals surface area contributed by atoms with Crippen LogP contribution in [0.4, 0.5) is 11.5 Å². The molecular formula is C25H26N4O5S. The maximum absolute atomic E-state index is 13.7. The Balaban J connectivity index is 1.88. The molecule has 0 saturated heterocycles. The van der Waals surface area contributed by atoms with Gasteiger partial charge >= 0.3 is 0 Å². The maximum atomic E-state index is 13.7. The Morgan fingerprint density at radius 3 is 2.29 bits per heavy atom. The number of rotatable bonds is 7. The molecule has 1 aromatic heterocycles. The molecule has 0 aliphatic carbocycles. The van der Waals surface area contributed by atoms with Crippen LogP contribution in [0.15, 0.2) is 64.3 Å². The van der Waals surface area contributed by atoms with E-state index in [-0.39, 0.29) is 5.91 Å². The van der Waals surface area contributed by atoms with Gasteiger partial charge in [-0.15, -0.1) is 0 Å². The number of aromatic nitrogens is 1. The molecule has 0 radical (unpaired) electrons. The number of nitrogens with zero attached hydrogens (tertiary/aromatic N) is 2. The second-order valence-corrected chi connectivity index (χ2v) is 8.17. The summed E-state index contributed by atoms with van der Waals surface area (Å²) >= 11 is 5.75. The maximum Gasteiger partial charge on any atom is 0.257 e. The molecule has 0 unspecified atom stereocenters. The van der Waals surface area contributed by atoms with E-state index in [1.807, 2.05) is 42.2 Å². The number of carbonyl (C=O) groups excluding carboxylic acids is 1. The van der Waals surface area contributed by atoms with Crippen LogP contribution in [0.2, 0.25) is 0 Å². The predicted molar refractivity (Wildman–Crippen MR) is 136 cm³/mol. The van der Waals surface area contributed by atoms with Crippen molar-refractivity contribution in [2.75, 3.05) is 31.5 Å². The number of para-hydroxylation sites is 1. The molecule has 1 aliphatic rings. The molecule has 1 aliphatic heterocycles. The van der Waals surface area contributed by atoms with Gasteiger partial charge in [0.05, 0.1) is 32.9 Å². The topological polar surface area (TPSA) is 98.1 Å². The van der Waals surface area contributed by atoms with Crippen LogP contribution >= 0.6 is 12.2 Å². The van der Waals surface area contributed by atoms with Crippen LogP contribution in [0.3, 0.4) is 0 Å². The van der Waals surface area contributed by atoms with E-state index in [2.05, 4.69) is 15.8 Å². The van der Waals surface area contributed by atoms with Gasteiger partial charge in [0.25, 0.3) is 5.91 Å².